The molecule has 0 saturated carbocycles. The van der Waals surface area contributed by atoms with Crippen molar-refractivity contribution in [2.75, 3.05) is 12.4 Å². The summed E-state index contributed by atoms with van der Waals surface area (Å²) in [6.45, 7) is 0.382. The minimum Gasteiger partial charge on any atom is -0.341 e. The molecular formula is C11H13BrN2O3. The molecule has 5 nitrogen and oxygen atoms in total. The lowest BCUT2D eigenvalue weighted by atomic mass is 10.2. The van der Waals surface area contributed by atoms with Crippen LogP contribution >= 0.6 is 15.9 Å². The molecule has 0 spiro atoms. The Kier molecular flexibility index (Phi) is 5.09. The normalized spacial score (nSPS) is 10.0. The van der Waals surface area contributed by atoms with E-state index in [-0.39, 0.29) is 11.6 Å². The van der Waals surface area contributed by atoms with Gasteiger partial charge in [0.2, 0.25) is 5.91 Å². The predicted molar refractivity (Wildman–Crippen MR) is 68.0 cm³/mol. The molecule has 0 N–H and O–H groups in total. The standard InChI is InChI=1S/C11H13BrN2O3/c1-13(11(15)5-6-12)8-9-3-2-4-10(7-9)14(16)17/h2-4,7H,5-6,8H2,1H3. The molecule has 0 aliphatic heterocycles. The average molecular weight is 301 g/mol. The summed E-state index contributed by atoms with van der Waals surface area (Å²) in [5.74, 6) is 0.00776. The molecule has 0 fully saturated rings. The molecule has 0 saturated heterocycles. The summed E-state index contributed by atoms with van der Waals surface area (Å²) >= 11 is 3.20. The Bertz CT molecular complexity index is 423. The van der Waals surface area contributed by atoms with Crippen LogP contribution in [0.4, 0.5) is 5.69 Å². The minimum absolute atomic E-state index is 0.00776. The van der Waals surface area contributed by atoms with Gasteiger partial charge in [-0.15, -0.1) is 0 Å². The van der Waals surface area contributed by atoms with Gasteiger partial charge < -0.3 is 4.90 Å². The van der Waals surface area contributed by atoms with Crippen LogP contribution in [0.2, 0.25) is 0 Å². The molecule has 0 aromatic heterocycles. The number of rotatable bonds is 5. The molecule has 0 aliphatic carbocycles. The minimum atomic E-state index is -0.441. The number of hydrogen-bond acceptors (Lipinski definition) is 3. The third-order valence-electron chi connectivity index (χ3n) is 2.28. The number of non-ortho nitro benzene ring substituents is 1. The van der Waals surface area contributed by atoms with E-state index in [2.05, 4.69) is 15.9 Å². The van der Waals surface area contributed by atoms with Gasteiger partial charge in [-0.1, -0.05) is 28.1 Å². The fourth-order valence-corrected chi connectivity index (χ4v) is 1.74. The molecule has 0 bridgehead atoms. The third kappa shape index (κ3) is 4.14. The molecule has 0 unspecified atom stereocenters. The van der Waals surface area contributed by atoms with Crippen molar-refractivity contribution in [1.82, 2.24) is 4.90 Å². The molecule has 92 valence electrons. The first-order chi connectivity index (χ1) is 8.04. The van der Waals surface area contributed by atoms with Crippen LogP contribution in [-0.4, -0.2) is 28.1 Å². The Morgan fingerprint density at radius 2 is 2.24 bits per heavy atom. The maximum Gasteiger partial charge on any atom is 0.269 e. The molecule has 1 amide bonds. The molecule has 0 aliphatic rings. The van der Waals surface area contributed by atoms with Crippen LogP contribution in [0.25, 0.3) is 0 Å². The lowest BCUT2D eigenvalue weighted by Crippen LogP contribution is -2.26. The van der Waals surface area contributed by atoms with Gasteiger partial charge in [0.15, 0.2) is 0 Å². The number of nitrogens with zero attached hydrogens (tertiary/aromatic N) is 2. The second-order valence-corrected chi connectivity index (χ2v) is 4.41. The predicted octanol–water partition coefficient (Wildman–Crippen LogP) is 2.34. The van der Waals surface area contributed by atoms with Crippen LogP contribution in [0, 0.1) is 10.1 Å². The average Bonchev–Trinajstić information content (AvgIpc) is 2.29. The highest BCUT2D eigenvalue weighted by molar-refractivity contribution is 9.09. The maximum absolute atomic E-state index is 11.5. The van der Waals surface area contributed by atoms with E-state index < -0.39 is 4.92 Å². The van der Waals surface area contributed by atoms with E-state index in [1.165, 1.54) is 12.1 Å². The SMILES string of the molecule is CN(Cc1cccc([N+](=O)[O-])c1)C(=O)CCBr. The van der Waals surface area contributed by atoms with Gasteiger partial charge in [0.05, 0.1) is 4.92 Å². The van der Waals surface area contributed by atoms with Crippen LogP contribution in [0.1, 0.15) is 12.0 Å². The van der Waals surface area contributed by atoms with Gasteiger partial charge >= 0.3 is 0 Å². The van der Waals surface area contributed by atoms with Crippen molar-refractivity contribution >= 4 is 27.5 Å². The fraction of sp³-hybridized carbons (Fsp3) is 0.364. The molecule has 1 rings (SSSR count). The van der Waals surface area contributed by atoms with Crippen molar-refractivity contribution in [3.8, 4) is 0 Å². The summed E-state index contributed by atoms with van der Waals surface area (Å²) in [5.41, 5.74) is 0.800. The molecule has 17 heavy (non-hydrogen) atoms. The van der Waals surface area contributed by atoms with Gasteiger partial charge in [-0.25, -0.2) is 0 Å². The highest BCUT2D eigenvalue weighted by Crippen LogP contribution is 2.14. The molecule has 6 heteroatoms. The summed E-state index contributed by atoms with van der Waals surface area (Å²) in [6, 6.07) is 6.31. The summed E-state index contributed by atoms with van der Waals surface area (Å²) < 4.78 is 0. The summed E-state index contributed by atoms with van der Waals surface area (Å²) in [5, 5.41) is 11.2. The zero-order valence-corrected chi connectivity index (χ0v) is 11.0. The van der Waals surface area contributed by atoms with Gasteiger partial charge in [-0.2, -0.15) is 0 Å². The maximum atomic E-state index is 11.5. The van der Waals surface area contributed by atoms with E-state index in [0.717, 1.165) is 5.56 Å². The van der Waals surface area contributed by atoms with E-state index in [9.17, 15) is 14.9 Å². The topological polar surface area (TPSA) is 63.4 Å². The Morgan fingerprint density at radius 3 is 2.82 bits per heavy atom. The number of hydrogen-bond donors (Lipinski definition) is 0. The fourth-order valence-electron chi connectivity index (χ4n) is 1.40. The second-order valence-electron chi connectivity index (χ2n) is 3.62. The lowest BCUT2D eigenvalue weighted by Gasteiger charge is -2.16. The summed E-state index contributed by atoms with van der Waals surface area (Å²) in [7, 11) is 1.68. The lowest BCUT2D eigenvalue weighted by molar-refractivity contribution is -0.384. The van der Waals surface area contributed by atoms with Crippen LogP contribution in [0.5, 0.6) is 0 Å². The molecule has 0 atom stereocenters. The van der Waals surface area contributed by atoms with Crippen LogP contribution in [-0.2, 0) is 11.3 Å². The Labute approximate surface area is 108 Å². The van der Waals surface area contributed by atoms with E-state index in [1.54, 1.807) is 24.1 Å². The van der Waals surface area contributed by atoms with Crippen LogP contribution in [0.3, 0.4) is 0 Å². The number of carbonyl (C=O) groups is 1. The van der Waals surface area contributed by atoms with E-state index in [4.69, 9.17) is 0 Å². The number of halogens is 1. The highest BCUT2D eigenvalue weighted by atomic mass is 79.9. The quantitative estimate of drug-likeness (QED) is 0.476. The van der Waals surface area contributed by atoms with Gasteiger partial charge in [0, 0.05) is 37.5 Å². The second kappa shape index (κ2) is 6.34. The summed E-state index contributed by atoms with van der Waals surface area (Å²) in [4.78, 5) is 23.2. The van der Waals surface area contributed by atoms with E-state index in [1.807, 2.05) is 0 Å². The molecule has 0 heterocycles. The number of nitro benzene ring substituents is 1. The Morgan fingerprint density at radius 1 is 1.53 bits per heavy atom. The number of carbonyl (C=O) groups excluding carboxylic acids is 1. The third-order valence-corrected chi connectivity index (χ3v) is 2.67. The van der Waals surface area contributed by atoms with Crippen molar-refractivity contribution in [3.05, 3.63) is 39.9 Å². The van der Waals surface area contributed by atoms with Crippen molar-refractivity contribution in [2.24, 2.45) is 0 Å². The molecule has 1 aromatic carbocycles. The van der Waals surface area contributed by atoms with Gasteiger partial charge in [-0.3, -0.25) is 14.9 Å². The van der Waals surface area contributed by atoms with E-state index in [0.29, 0.717) is 18.3 Å². The van der Waals surface area contributed by atoms with Crippen molar-refractivity contribution < 1.29 is 9.72 Å². The van der Waals surface area contributed by atoms with Crippen LogP contribution in [0.15, 0.2) is 24.3 Å². The van der Waals surface area contributed by atoms with Crippen molar-refractivity contribution in [3.63, 3.8) is 0 Å². The number of benzene rings is 1. The Balaban J connectivity index is 2.71. The molecule has 1 aromatic rings. The number of nitro groups is 1. The largest absolute Gasteiger partial charge is 0.341 e. The first-order valence-corrected chi connectivity index (χ1v) is 6.20. The van der Waals surface area contributed by atoms with Gasteiger partial charge in [0.1, 0.15) is 0 Å². The number of amides is 1. The van der Waals surface area contributed by atoms with Gasteiger partial charge in [0.25, 0.3) is 5.69 Å². The first kappa shape index (κ1) is 13.6. The number of alkyl halides is 1. The monoisotopic (exact) mass is 300 g/mol. The molecular weight excluding hydrogens is 288 g/mol. The molecule has 0 radical (unpaired) electrons. The zero-order valence-electron chi connectivity index (χ0n) is 9.43. The van der Waals surface area contributed by atoms with Crippen molar-refractivity contribution in [1.29, 1.82) is 0 Å². The van der Waals surface area contributed by atoms with E-state index >= 15 is 0 Å². The van der Waals surface area contributed by atoms with Crippen LogP contribution < -0.4 is 0 Å². The first-order valence-electron chi connectivity index (χ1n) is 5.08. The highest BCUT2D eigenvalue weighted by Gasteiger charge is 2.10. The van der Waals surface area contributed by atoms with Crippen molar-refractivity contribution in [2.45, 2.75) is 13.0 Å². The smallest absolute Gasteiger partial charge is 0.269 e. The zero-order chi connectivity index (χ0) is 12.8. The van der Waals surface area contributed by atoms with Gasteiger partial charge in [-0.05, 0) is 5.56 Å². The summed E-state index contributed by atoms with van der Waals surface area (Å²) in [6.07, 6.45) is 0.422. The Hall–Kier alpha value is -1.43.